The zero-order valence-electron chi connectivity index (χ0n) is 18.0. The van der Waals surface area contributed by atoms with Crippen LogP contribution in [-0.4, -0.2) is 9.55 Å². The van der Waals surface area contributed by atoms with Gasteiger partial charge in [0.05, 0.1) is 5.69 Å². The van der Waals surface area contributed by atoms with Gasteiger partial charge in [-0.1, -0.05) is 82.5 Å². The summed E-state index contributed by atoms with van der Waals surface area (Å²) in [5, 5.41) is 0. The van der Waals surface area contributed by atoms with Crippen molar-refractivity contribution >= 4 is 0 Å². The molecule has 0 fully saturated rings. The van der Waals surface area contributed by atoms with Crippen LogP contribution in [0.1, 0.15) is 68.7 Å². The van der Waals surface area contributed by atoms with Crippen molar-refractivity contribution in [2.45, 2.75) is 67.2 Å². The molecule has 3 rings (SSSR count). The van der Waals surface area contributed by atoms with Crippen LogP contribution < -0.4 is 0 Å². The smallest absolute Gasteiger partial charge is 0.144 e. The van der Waals surface area contributed by atoms with E-state index in [1.807, 2.05) is 6.20 Å². The Morgan fingerprint density at radius 1 is 0.926 bits per heavy atom. The van der Waals surface area contributed by atoms with E-state index >= 15 is 0 Å². The van der Waals surface area contributed by atoms with Crippen molar-refractivity contribution in [2.75, 3.05) is 0 Å². The van der Waals surface area contributed by atoms with Gasteiger partial charge < -0.3 is 0 Å². The van der Waals surface area contributed by atoms with E-state index < -0.39 is 0 Å². The average molecular weight is 363 g/mol. The highest BCUT2D eigenvalue weighted by Crippen LogP contribution is 2.31. The van der Waals surface area contributed by atoms with Crippen LogP contribution >= 0.6 is 0 Å². The maximum atomic E-state index is 4.67. The standard InChI is InChI=1S/C21H24N2.C4H10/c1-14(2)18-8-6-7-9-19(18)21-22-10-11-23(21)20-16(4)12-15(3)13-17(20)5;1-3-4-2/h6-14H,1-5H3;3-4H2,1-2H3. The second kappa shape index (κ2) is 9.55. The maximum absolute atomic E-state index is 4.67. The predicted molar refractivity (Wildman–Crippen MR) is 118 cm³/mol. The molecule has 0 saturated heterocycles. The SMILES string of the molecule is CCCC.Cc1cc(C)c(-n2ccnc2-c2ccccc2C(C)C)c(C)c1. The van der Waals surface area contributed by atoms with Crippen LogP contribution in [-0.2, 0) is 0 Å². The molecule has 2 heteroatoms. The molecular weight excluding hydrogens is 328 g/mol. The molecule has 2 nitrogen and oxygen atoms in total. The summed E-state index contributed by atoms with van der Waals surface area (Å²) >= 11 is 0. The molecule has 0 atom stereocenters. The number of aryl methyl sites for hydroxylation is 3. The Morgan fingerprint density at radius 3 is 2.07 bits per heavy atom. The molecule has 0 aliphatic rings. The molecule has 0 saturated carbocycles. The first-order chi connectivity index (χ1) is 12.9. The number of aromatic nitrogens is 2. The van der Waals surface area contributed by atoms with Crippen LogP contribution in [0.2, 0.25) is 0 Å². The van der Waals surface area contributed by atoms with Gasteiger partial charge in [0.15, 0.2) is 0 Å². The number of hydrogen-bond donors (Lipinski definition) is 0. The van der Waals surface area contributed by atoms with Gasteiger partial charge >= 0.3 is 0 Å². The van der Waals surface area contributed by atoms with E-state index in [4.69, 9.17) is 0 Å². The Bertz CT molecular complexity index is 847. The van der Waals surface area contributed by atoms with Crippen molar-refractivity contribution in [1.29, 1.82) is 0 Å². The lowest BCUT2D eigenvalue weighted by atomic mass is 9.96. The normalized spacial score (nSPS) is 10.7. The molecular formula is C25H34N2. The molecule has 1 heterocycles. The molecule has 27 heavy (non-hydrogen) atoms. The third kappa shape index (κ3) is 4.88. The van der Waals surface area contributed by atoms with Crippen LogP contribution in [0.5, 0.6) is 0 Å². The summed E-state index contributed by atoms with van der Waals surface area (Å²) in [5.74, 6) is 1.49. The van der Waals surface area contributed by atoms with Crippen molar-refractivity contribution in [3.05, 3.63) is 71.0 Å². The van der Waals surface area contributed by atoms with Gasteiger partial charge in [-0.25, -0.2) is 4.98 Å². The van der Waals surface area contributed by atoms with E-state index in [1.54, 1.807) is 0 Å². The van der Waals surface area contributed by atoms with Crippen LogP contribution in [0.3, 0.4) is 0 Å². The molecule has 0 bridgehead atoms. The average Bonchev–Trinajstić information content (AvgIpc) is 3.10. The zero-order valence-corrected chi connectivity index (χ0v) is 18.0. The molecule has 0 amide bonds. The number of nitrogens with zero attached hydrogens (tertiary/aromatic N) is 2. The second-order valence-electron chi connectivity index (χ2n) is 7.61. The van der Waals surface area contributed by atoms with Gasteiger partial charge in [-0.2, -0.15) is 0 Å². The lowest BCUT2D eigenvalue weighted by Crippen LogP contribution is -2.04. The summed E-state index contributed by atoms with van der Waals surface area (Å²) in [4.78, 5) is 4.67. The van der Waals surface area contributed by atoms with E-state index in [1.165, 1.54) is 46.3 Å². The van der Waals surface area contributed by atoms with Crippen LogP contribution in [0.25, 0.3) is 17.1 Å². The van der Waals surface area contributed by atoms with E-state index in [-0.39, 0.29) is 0 Å². The molecule has 0 unspecified atom stereocenters. The summed E-state index contributed by atoms with van der Waals surface area (Å²) < 4.78 is 2.23. The quantitative estimate of drug-likeness (QED) is 0.473. The number of imidazole rings is 1. The van der Waals surface area contributed by atoms with E-state index in [0.29, 0.717) is 5.92 Å². The van der Waals surface area contributed by atoms with Crippen LogP contribution in [0.15, 0.2) is 48.8 Å². The minimum atomic E-state index is 0.469. The molecule has 0 aliphatic carbocycles. The maximum Gasteiger partial charge on any atom is 0.144 e. The number of benzene rings is 2. The van der Waals surface area contributed by atoms with Gasteiger partial charge in [0.25, 0.3) is 0 Å². The Balaban J connectivity index is 0.000000596. The lowest BCUT2D eigenvalue weighted by molar-refractivity contribution is 0.864. The minimum absolute atomic E-state index is 0.469. The summed E-state index contributed by atoms with van der Waals surface area (Å²) in [7, 11) is 0. The fourth-order valence-corrected chi connectivity index (χ4v) is 3.44. The number of rotatable bonds is 4. The van der Waals surface area contributed by atoms with Gasteiger partial charge in [-0.3, -0.25) is 4.57 Å². The molecule has 0 radical (unpaired) electrons. The van der Waals surface area contributed by atoms with Gasteiger partial charge in [0, 0.05) is 18.0 Å². The number of hydrogen-bond acceptors (Lipinski definition) is 1. The lowest BCUT2D eigenvalue weighted by Gasteiger charge is -2.17. The Labute approximate surface area is 165 Å². The summed E-state index contributed by atoms with van der Waals surface area (Å²) in [5.41, 5.74) is 7.65. The first kappa shape index (κ1) is 21.0. The first-order valence-corrected chi connectivity index (χ1v) is 10.1. The van der Waals surface area contributed by atoms with Crippen molar-refractivity contribution in [3.8, 4) is 17.1 Å². The van der Waals surface area contributed by atoms with Crippen LogP contribution in [0, 0.1) is 20.8 Å². The highest BCUT2D eigenvalue weighted by atomic mass is 15.1. The fourth-order valence-electron chi connectivity index (χ4n) is 3.44. The third-order valence-electron chi connectivity index (χ3n) is 4.84. The van der Waals surface area contributed by atoms with E-state index in [2.05, 4.69) is 101 Å². The molecule has 0 spiro atoms. The third-order valence-corrected chi connectivity index (χ3v) is 4.84. The van der Waals surface area contributed by atoms with E-state index in [9.17, 15) is 0 Å². The molecule has 144 valence electrons. The Kier molecular flexibility index (Phi) is 7.41. The van der Waals surface area contributed by atoms with Gasteiger partial charge in [-0.15, -0.1) is 0 Å². The van der Waals surface area contributed by atoms with Gasteiger partial charge in [0.1, 0.15) is 5.82 Å². The number of unbranched alkanes of at least 4 members (excludes halogenated alkanes) is 1. The molecule has 3 aromatic rings. The molecule has 0 N–H and O–H groups in total. The highest BCUT2D eigenvalue weighted by Gasteiger charge is 2.16. The highest BCUT2D eigenvalue weighted by molar-refractivity contribution is 5.65. The van der Waals surface area contributed by atoms with Crippen LogP contribution in [0.4, 0.5) is 0 Å². The molecule has 0 aliphatic heterocycles. The topological polar surface area (TPSA) is 17.8 Å². The minimum Gasteiger partial charge on any atom is -0.299 e. The Hall–Kier alpha value is -2.35. The van der Waals surface area contributed by atoms with E-state index in [0.717, 1.165) is 5.82 Å². The molecule has 2 aromatic carbocycles. The summed E-state index contributed by atoms with van der Waals surface area (Å²) in [6.45, 7) is 15.3. The monoisotopic (exact) mass is 362 g/mol. The zero-order chi connectivity index (χ0) is 20.0. The van der Waals surface area contributed by atoms with Crippen molar-refractivity contribution in [1.82, 2.24) is 9.55 Å². The second-order valence-corrected chi connectivity index (χ2v) is 7.61. The fraction of sp³-hybridized carbons (Fsp3) is 0.400. The largest absolute Gasteiger partial charge is 0.299 e. The van der Waals surface area contributed by atoms with Crippen molar-refractivity contribution in [2.24, 2.45) is 0 Å². The summed E-state index contributed by atoms with van der Waals surface area (Å²) in [6.07, 6.45) is 6.60. The van der Waals surface area contributed by atoms with Crippen molar-refractivity contribution in [3.63, 3.8) is 0 Å². The first-order valence-electron chi connectivity index (χ1n) is 10.1. The summed E-state index contributed by atoms with van der Waals surface area (Å²) in [6, 6.07) is 13.0. The van der Waals surface area contributed by atoms with Gasteiger partial charge in [0.2, 0.25) is 0 Å². The van der Waals surface area contributed by atoms with Crippen molar-refractivity contribution < 1.29 is 0 Å². The molecule has 1 aromatic heterocycles. The predicted octanol–water partition coefficient (Wildman–Crippen LogP) is 7.39. The van der Waals surface area contributed by atoms with Gasteiger partial charge in [-0.05, 0) is 43.4 Å². The Morgan fingerprint density at radius 2 is 1.52 bits per heavy atom.